The van der Waals surface area contributed by atoms with Crippen LogP contribution in [0.1, 0.15) is 32.6 Å². The lowest BCUT2D eigenvalue weighted by atomic mass is 10.0. The van der Waals surface area contributed by atoms with Crippen molar-refractivity contribution in [3.05, 3.63) is 18.2 Å². The Kier molecular flexibility index (Phi) is 7.86. The van der Waals surface area contributed by atoms with Crippen LogP contribution in [0, 0.1) is 0 Å². The molecule has 0 saturated carbocycles. The van der Waals surface area contributed by atoms with Gasteiger partial charge in [-0.25, -0.2) is 0 Å². The normalized spacial score (nSPS) is 21.3. The van der Waals surface area contributed by atoms with Crippen molar-refractivity contribution in [2.24, 2.45) is 4.99 Å². The summed E-state index contributed by atoms with van der Waals surface area (Å²) in [6.45, 7) is 7.57. The smallest absolute Gasteiger partial charge is 0.191 e. The van der Waals surface area contributed by atoms with Crippen molar-refractivity contribution in [3.8, 4) is 11.5 Å². The molecule has 7 nitrogen and oxygen atoms in total. The minimum Gasteiger partial charge on any atom is -0.497 e. The van der Waals surface area contributed by atoms with Crippen molar-refractivity contribution in [1.82, 2.24) is 15.5 Å². The lowest BCUT2D eigenvalue weighted by Crippen LogP contribution is -2.50. The number of likely N-dealkylation sites (tertiary alicyclic amines) is 1. The number of piperidine rings is 1. The van der Waals surface area contributed by atoms with Crippen molar-refractivity contribution < 1.29 is 9.47 Å². The lowest BCUT2D eigenvalue weighted by molar-refractivity contribution is 0.266. The van der Waals surface area contributed by atoms with Gasteiger partial charge in [0.25, 0.3) is 0 Å². The molecule has 29 heavy (non-hydrogen) atoms. The Morgan fingerprint density at radius 1 is 1.07 bits per heavy atom. The van der Waals surface area contributed by atoms with Crippen LogP contribution in [0.3, 0.4) is 0 Å². The van der Waals surface area contributed by atoms with Crippen LogP contribution < -0.4 is 25.0 Å². The molecule has 0 aliphatic carbocycles. The van der Waals surface area contributed by atoms with Gasteiger partial charge in [-0.15, -0.1) is 0 Å². The second kappa shape index (κ2) is 10.6. The third-order valence-electron chi connectivity index (χ3n) is 6.17. The summed E-state index contributed by atoms with van der Waals surface area (Å²) in [5.41, 5.74) is 1.16. The van der Waals surface area contributed by atoms with Gasteiger partial charge in [0, 0.05) is 62.7 Å². The number of benzene rings is 1. The third kappa shape index (κ3) is 5.69. The quantitative estimate of drug-likeness (QED) is 0.538. The van der Waals surface area contributed by atoms with E-state index < -0.39 is 0 Å². The number of methoxy groups -OCH3 is 2. The molecule has 162 valence electrons. The topological polar surface area (TPSA) is 61.4 Å². The van der Waals surface area contributed by atoms with Gasteiger partial charge in [-0.3, -0.25) is 9.89 Å². The molecule has 2 saturated heterocycles. The zero-order chi connectivity index (χ0) is 20.6. The summed E-state index contributed by atoms with van der Waals surface area (Å²) in [6.07, 6.45) is 4.73. The van der Waals surface area contributed by atoms with E-state index in [1.165, 1.54) is 19.4 Å². The van der Waals surface area contributed by atoms with Crippen LogP contribution in [-0.2, 0) is 0 Å². The first-order valence-electron chi connectivity index (χ1n) is 10.9. The maximum absolute atomic E-state index is 5.41. The number of nitrogens with zero attached hydrogens (tertiary/aromatic N) is 3. The molecule has 2 fully saturated rings. The van der Waals surface area contributed by atoms with Crippen molar-refractivity contribution in [2.45, 2.75) is 44.7 Å². The molecular formula is C22H37N5O2. The molecule has 2 N–H and O–H groups in total. The molecular weight excluding hydrogens is 366 g/mol. The van der Waals surface area contributed by atoms with Crippen LogP contribution in [0.5, 0.6) is 11.5 Å². The first-order chi connectivity index (χ1) is 14.2. The average Bonchev–Trinajstić information content (AvgIpc) is 3.24. The van der Waals surface area contributed by atoms with Gasteiger partial charge in [0.1, 0.15) is 11.5 Å². The van der Waals surface area contributed by atoms with E-state index in [0.29, 0.717) is 12.1 Å². The van der Waals surface area contributed by atoms with Crippen molar-refractivity contribution in [2.75, 3.05) is 58.9 Å². The molecule has 1 unspecified atom stereocenters. The van der Waals surface area contributed by atoms with Gasteiger partial charge < -0.3 is 25.0 Å². The molecule has 3 rings (SSSR count). The fourth-order valence-corrected chi connectivity index (χ4v) is 4.40. The fraction of sp³-hybridized carbons (Fsp3) is 0.682. The first kappa shape index (κ1) is 21.6. The average molecular weight is 404 g/mol. The molecule has 1 atom stereocenters. The van der Waals surface area contributed by atoms with Gasteiger partial charge >= 0.3 is 0 Å². The maximum atomic E-state index is 5.41. The van der Waals surface area contributed by atoms with Crippen LogP contribution in [0.2, 0.25) is 0 Å². The van der Waals surface area contributed by atoms with Gasteiger partial charge in [0.15, 0.2) is 5.96 Å². The molecule has 2 aliphatic rings. The highest BCUT2D eigenvalue weighted by atomic mass is 16.5. The van der Waals surface area contributed by atoms with Crippen LogP contribution in [0.4, 0.5) is 5.69 Å². The first-order valence-corrected chi connectivity index (χ1v) is 10.9. The summed E-state index contributed by atoms with van der Waals surface area (Å²) in [5, 5.41) is 7.17. The van der Waals surface area contributed by atoms with E-state index in [0.717, 1.165) is 62.2 Å². The van der Waals surface area contributed by atoms with Gasteiger partial charge in [-0.1, -0.05) is 6.92 Å². The van der Waals surface area contributed by atoms with E-state index in [1.807, 2.05) is 13.1 Å². The van der Waals surface area contributed by atoms with Crippen molar-refractivity contribution >= 4 is 11.6 Å². The van der Waals surface area contributed by atoms with E-state index in [-0.39, 0.29) is 0 Å². The number of likely N-dealkylation sites (N-methyl/N-ethyl adjacent to an activating group) is 1. The Labute approximate surface area is 175 Å². The summed E-state index contributed by atoms with van der Waals surface area (Å²) in [7, 11) is 5.25. The molecule has 1 aromatic carbocycles. The summed E-state index contributed by atoms with van der Waals surface area (Å²) < 4.78 is 10.8. The molecule has 7 heteroatoms. The van der Waals surface area contributed by atoms with Gasteiger partial charge in [0.05, 0.1) is 14.2 Å². The number of anilines is 1. The Hall–Kier alpha value is -2.15. The molecule has 0 aromatic heterocycles. The molecule has 0 bridgehead atoms. The molecule has 0 amide bonds. The van der Waals surface area contributed by atoms with Gasteiger partial charge in [0.2, 0.25) is 0 Å². The van der Waals surface area contributed by atoms with E-state index in [9.17, 15) is 0 Å². The van der Waals surface area contributed by atoms with Crippen molar-refractivity contribution in [3.63, 3.8) is 0 Å². The van der Waals surface area contributed by atoms with E-state index in [1.54, 1.807) is 14.2 Å². The fourth-order valence-electron chi connectivity index (χ4n) is 4.40. The molecule has 1 aromatic rings. The number of aliphatic imine (C=N–C) groups is 1. The zero-order valence-corrected chi connectivity index (χ0v) is 18.4. The van der Waals surface area contributed by atoms with Crippen LogP contribution in [-0.4, -0.2) is 76.9 Å². The highest BCUT2D eigenvalue weighted by Gasteiger charge is 2.24. The summed E-state index contributed by atoms with van der Waals surface area (Å²) in [5.74, 6) is 2.59. The third-order valence-corrected chi connectivity index (χ3v) is 6.17. The van der Waals surface area contributed by atoms with Crippen LogP contribution in [0.25, 0.3) is 0 Å². The molecule has 2 heterocycles. The predicted molar refractivity (Wildman–Crippen MR) is 120 cm³/mol. The summed E-state index contributed by atoms with van der Waals surface area (Å²) in [6, 6.07) is 7.15. The minimum absolute atomic E-state index is 0.441. The Morgan fingerprint density at radius 2 is 1.76 bits per heavy atom. The molecule has 0 spiro atoms. The zero-order valence-electron chi connectivity index (χ0n) is 18.4. The van der Waals surface area contributed by atoms with E-state index in [4.69, 9.17) is 9.47 Å². The van der Waals surface area contributed by atoms with Crippen molar-refractivity contribution in [1.29, 1.82) is 0 Å². The summed E-state index contributed by atoms with van der Waals surface area (Å²) in [4.78, 5) is 9.40. The van der Waals surface area contributed by atoms with Gasteiger partial charge in [-0.2, -0.15) is 0 Å². The Morgan fingerprint density at radius 3 is 2.34 bits per heavy atom. The molecule has 0 radical (unpaired) electrons. The van der Waals surface area contributed by atoms with E-state index >= 15 is 0 Å². The largest absolute Gasteiger partial charge is 0.497 e. The minimum atomic E-state index is 0.441. The number of ether oxygens (including phenoxy) is 2. The Balaban J connectivity index is 1.48. The maximum Gasteiger partial charge on any atom is 0.191 e. The number of rotatable bonds is 7. The number of guanidine groups is 1. The second-order valence-electron chi connectivity index (χ2n) is 7.85. The second-order valence-corrected chi connectivity index (χ2v) is 7.85. The predicted octanol–water partition coefficient (Wildman–Crippen LogP) is 2.32. The van der Waals surface area contributed by atoms with Crippen LogP contribution >= 0.6 is 0 Å². The number of hydrogen-bond donors (Lipinski definition) is 2. The highest BCUT2D eigenvalue weighted by Crippen LogP contribution is 2.30. The van der Waals surface area contributed by atoms with E-state index in [2.05, 4.69) is 44.5 Å². The Bertz CT molecular complexity index is 651. The monoisotopic (exact) mass is 403 g/mol. The van der Waals surface area contributed by atoms with Gasteiger partial charge in [-0.05, 0) is 38.8 Å². The molecule has 2 aliphatic heterocycles. The van der Waals surface area contributed by atoms with Crippen LogP contribution in [0.15, 0.2) is 23.2 Å². The standard InChI is InChI=1S/C22H37N5O2/c1-5-26-10-6-7-18(26)16-24-22(23-2)25-17-8-11-27(12-9-17)19-13-20(28-3)15-21(14-19)29-4/h13-15,17-18H,5-12,16H2,1-4H3,(H2,23,24,25). The lowest BCUT2D eigenvalue weighted by Gasteiger charge is -2.35. The number of nitrogens with one attached hydrogen (secondary N) is 2. The highest BCUT2D eigenvalue weighted by molar-refractivity contribution is 5.80. The summed E-state index contributed by atoms with van der Waals surface area (Å²) >= 11 is 0. The SMILES string of the molecule is CCN1CCCC1CNC(=NC)NC1CCN(c2cc(OC)cc(OC)c2)CC1. The number of hydrogen-bond acceptors (Lipinski definition) is 5.